The predicted molar refractivity (Wildman–Crippen MR) is 56.5 cm³/mol. The Bertz CT molecular complexity index is 554. The lowest BCUT2D eigenvalue weighted by molar-refractivity contribution is 0.0988. The van der Waals surface area contributed by atoms with E-state index in [1.807, 2.05) is 0 Å². The summed E-state index contributed by atoms with van der Waals surface area (Å²) in [7, 11) is 0. The molecule has 0 aliphatic heterocycles. The van der Waals surface area contributed by atoms with Crippen molar-refractivity contribution in [2.45, 2.75) is 6.42 Å². The standard InChI is InChI=1S/C11H6F3NOS/c12-7-2-1-6(10(13)11(7)14)8(16)5-9-15-3-4-17-9/h1-4H,5H2. The van der Waals surface area contributed by atoms with Gasteiger partial charge in [0, 0.05) is 11.6 Å². The molecule has 0 fully saturated rings. The minimum atomic E-state index is -1.63. The van der Waals surface area contributed by atoms with E-state index < -0.39 is 28.8 Å². The average molecular weight is 257 g/mol. The summed E-state index contributed by atoms with van der Waals surface area (Å²) in [5.41, 5.74) is -0.459. The van der Waals surface area contributed by atoms with Gasteiger partial charge < -0.3 is 0 Å². The van der Waals surface area contributed by atoms with Gasteiger partial charge in [-0.25, -0.2) is 18.2 Å². The van der Waals surface area contributed by atoms with Crippen molar-refractivity contribution < 1.29 is 18.0 Å². The molecule has 0 amide bonds. The molecule has 2 nitrogen and oxygen atoms in total. The van der Waals surface area contributed by atoms with Crippen LogP contribution in [0.4, 0.5) is 13.2 Å². The number of Topliss-reactive ketones (excluding diaryl/α,β-unsaturated/α-hetero) is 1. The number of carbonyl (C=O) groups is 1. The van der Waals surface area contributed by atoms with Gasteiger partial charge in [-0.2, -0.15) is 0 Å². The van der Waals surface area contributed by atoms with E-state index in [4.69, 9.17) is 0 Å². The van der Waals surface area contributed by atoms with Crippen molar-refractivity contribution >= 4 is 17.1 Å². The van der Waals surface area contributed by atoms with Gasteiger partial charge in [-0.3, -0.25) is 4.79 Å². The second kappa shape index (κ2) is 4.67. The largest absolute Gasteiger partial charge is 0.294 e. The maximum atomic E-state index is 13.3. The molecule has 6 heteroatoms. The highest BCUT2D eigenvalue weighted by atomic mass is 32.1. The SMILES string of the molecule is O=C(Cc1nccs1)c1ccc(F)c(F)c1F. The zero-order valence-corrected chi connectivity index (χ0v) is 9.23. The van der Waals surface area contributed by atoms with E-state index >= 15 is 0 Å². The van der Waals surface area contributed by atoms with Gasteiger partial charge in [0.1, 0.15) is 5.01 Å². The normalized spacial score (nSPS) is 10.5. The number of ketones is 1. The topological polar surface area (TPSA) is 30.0 Å². The third kappa shape index (κ3) is 2.36. The van der Waals surface area contributed by atoms with Crippen LogP contribution < -0.4 is 0 Å². The summed E-state index contributed by atoms with van der Waals surface area (Å²) >= 11 is 1.24. The quantitative estimate of drug-likeness (QED) is 0.625. The van der Waals surface area contributed by atoms with Crippen molar-refractivity contribution in [1.82, 2.24) is 4.98 Å². The Kier molecular flexibility index (Phi) is 3.23. The lowest BCUT2D eigenvalue weighted by Gasteiger charge is -2.02. The van der Waals surface area contributed by atoms with Crippen LogP contribution in [-0.2, 0) is 6.42 Å². The highest BCUT2D eigenvalue weighted by Crippen LogP contribution is 2.17. The van der Waals surface area contributed by atoms with Gasteiger partial charge in [-0.1, -0.05) is 0 Å². The van der Waals surface area contributed by atoms with Crippen LogP contribution in [0.25, 0.3) is 0 Å². The molecular formula is C11H6F3NOS. The van der Waals surface area contributed by atoms with Crippen LogP contribution >= 0.6 is 11.3 Å². The van der Waals surface area contributed by atoms with Gasteiger partial charge >= 0.3 is 0 Å². The van der Waals surface area contributed by atoms with Gasteiger partial charge in [-0.05, 0) is 12.1 Å². The summed E-state index contributed by atoms with van der Waals surface area (Å²) in [6, 6.07) is 1.66. The van der Waals surface area contributed by atoms with Crippen LogP contribution in [0.5, 0.6) is 0 Å². The molecule has 2 aromatic rings. The molecule has 88 valence electrons. The first-order valence-electron chi connectivity index (χ1n) is 4.64. The zero-order chi connectivity index (χ0) is 12.4. The molecular weight excluding hydrogens is 251 g/mol. The van der Waals surface area contributed by atoms with Crippen molar-refractivity contribution in [2.24, 2.45) is 0 Å². The summed E-state index contributed by atoms with van der Waals surface area (Å²) in [4.78, 5) is 15.5. The lowest BCUT2D eigenvalue weighted by Crippen LogP contribution is -2.08. The van der Waals surface area contributed by atoms with Gasteiger partial charge in [0.25, 0.3) is 0 Å². The molecule has 1 aromatic carbocycles. The fourth-order valence-corrected chi connectivity index (χ4v) is 1.93. The number of thiazole rings is 1. The smallest absolute Gasteiger partial charge is 0.195 e. The first-order valence-corrected chi connectivity index (χ1v) is 5.52. The van der Waals surface area contributed by atoms with E-state index in [0.29, 0.717) is 5.01 Å². The number of hydrogen-bond donors (Lipinski definition) is 0. The van der Waals surface area contributed by atoms with E-state index in [-0.39, 0.29) is 6.42 Å². The molecule has 0 saturated carbocycles. The second-order valence-electron chi connectivity index (χ2n) is 3.25. The molecule has 0 N–H and O–H groups in total. The zero-order valence-electron chi connectivity index (χ0n) is 8.41. The number of aromatic nitrogens is 1. The molecule has 0 aliphatic rings. The first-order chi connectivity index (χ1) is 8.09. The predicted octanol–water partition coefficient (Wildman–Crippen LogP) is 2.99. The van der Waals surface area contributed by atoms with Crippen LogP contribution in [0.2, 0.25) is 0 Å². The number of hydrogen-bond acceptors (Lipinski definition) is 3. The highest BCUT2D eigenvalue weighted by Gasteiger charge is 2.19. The number of carbonyl (C=O) groups excluding carboxylic acids is 1. The molecule has 17 heavy (non-hydrogen) atoms. The number of benzene rings is 1. The molecule has 0 saturated heterocycles. The summed E-state index contributed by atoms with van der Waals surface area (Å²) < 4.78 is 38.9. The fraction of sp³-hybridized carbons (Fsp3) is 0.0909. The van der Waals surface area contributed by atoms with Gasteiger partial charge in [0.2, 0.25) is 0 Å². The third-order valence-corrected chi connectivity index (χ3v) is 2.91. The minimum absolute atomic E-state index is 0.125. The Hall–Kier alpha value is -1.69. The Labute approximate surface area is 98.7 Å². The third-order valence-electron chi connectivity index (χ3n) is 2.13. The van der Waals surface area contributed by atoms with Crippen LogP contribution in [0.3, 0.4) is 0 Å². The number of rotatable bonds is 3. The van der Waals surface area contributed by atoms with E-state index in [0.717, 1.165) is 12.1 Å². The number of halogens is 3. The Morgan fingerprint density at radius 1 is 1.24 bits per heavy atom. The van der Waals surface area contributed by atoms with Crippen molar-refractivity contribution in [1.29, 1.82) is 0 Å². The molecule has 1 aromatic heterocycles. The summed E-state index contributed by atoms with van der Waals surface area (Å²) in [5, 5.41) is 2.17. The Morgan fingerprint density at radius 2 is 2.00 bits per heavy atom. The van der Waals surface area contributed by atoms with Crippen molar-refractivity contribution in [3.8, 4) is 0 Å². The van der Waals surface area contributed by atoms with Gasteiger partial charge in [0.15, 0.2) is 23.2 Å². The van der Waals surface area contributed by atoms with Crippen LogP contribution in [0, 0.1) is 17.5 Å². The molecule has 0 bridgehead atoms. The van der Waals surface area contributed by atoms with E-state index in [1.165, 1.54) is 17.5 Å². The van der Waals surface area contributed by atoms with E-state index in [1.54, 1.807) is 5.38 Å². The summed E-state index contributed by atoms with van der Waals surface area (Å²) in [6.45, 7) is 0. The van der Waals surface area contributed by atoms with Crippen LogP contribution in [0.15, 0.2) is 23.7 Å². The first kappa shape index (κ1) is 11.8. The summed E-state index contributed by atoms with van der Waals surface area (Å²) in [5.74, 6) is -5.02. The molecule has 0 spiro atoms. The molecule has 1 heterocycles. The van der Waals surface area contributed by atoms with E-state index in [2.05, 4.69) is 4.98 Å². The molecule has 0 aliphatic carbocycles. The molecule has 0 unspecified atom stereocenters. The maximum Gasteiger partial charge on any atom is 0.195 e. The second-order valence-corrected chi connectivity index (χ2v) is 4.23. The minimum Gasteiger partial charge on any atom is -0.294 e. The van der Waals surface area contributed by atoms with E-state index in [9.17, 15) is 18.0 Å². The lowest BCUT2D eigenvalue weighted by atomic mass is 10.1. The fourth-order valence-electron chi connectivity index (χ4n) is 1.31. The maximum absolute atomic E-state index is 13.3. The Balaban J connectivity index is 2.29. The van der Waals surface area contributed by atoms with Crippen molar-refractivity contribution in [3.63, 3.8) is 0 Å². The highest BCUT2D eigenvalue weighted by molar-refractivity contribution is 7.09. The van der Waals surface area contributed by atoms with Gasteiger partial charge in [-0.15, -0.1) is 11.3 Å². The number of nitrogens with zero attached hydrogens (tertiary/aromatic N) is 1. The average Bonchev–Trinajstić information content (AvgIpc) is 2.78. The van der Waals surface area contributed by atoms with Crippen LogP contribution in [0.1, 0.15) is 15.4 Å². The van der Waals surface area contributed by atoms with Crippen LogP contribution in [-0.4, -0.2) is 10.8 Å². The van der Waals surface area contributed by atoms with Gasteiger partial charge in [0.05, 0.1) is 12.0 Å². The monoisotopic (exact) mass is 257 g/mol. The van der Waals surface area contributed by atoms with Crippen molar-refractivity contribution in [3.05, 3.63) is 51.7 Å². The Morgan fingerprint density at radius 3 is 2.65 bits per heavy atom. The molecule has 2 rings (SSSR count). The summed E-state index contributed by atoms with van der Waals surface area (Å²) in [6.07, 6.45) is 1.38. The molecule has 0 atom stereocenters. The van der Waals surface area contributed by atoms with Crippen molar-refractivity contribution in [2.75, 3.05) is 0 Å². The molecule has 0 radical (unpaired) electrons.